The SMILES string of the molecule is CC[C@H](C)[C@H](NCCCN1CCCCC1)C(=O)O. The molecule has 0 radical (unpaired) electrons. The van der Waals surface area contributed by atoms with Crippen LogP contribution in [0.2, 0.25) is 0 Å². The molecular weight excluding hydrogens is 228 g/mol. The molecule has 1 heterocycles. The smallest absolute Gasteiger partial charge is 0.320 e. The molecule has 1 fully saturated rings. The zero-order valence-electron chi connectivity index (χ0n) is 11.8. The largest absolute Gasteiger partial charge is 0.480 e. The predicted octanol–water partition coefficient (Wildman–Crippen LogP) is 1.95. The third kappa shape index (κ3) is 5.36. The van der Waals surface area contributed by atoms with Crippen molar-refractivity contribution in [2.45, 2.75) is 52.0 Å². The molecule has 4 nitrogen and oxygen atoms in total. The minimum absolute atomic E-state index is 0.192. The van der Waals surface area contributed by atoms with E-state index in [4.69, 9.17) is 5.11 Å². The predicted molar refractivity (Wildman–Crippen MR) is 73.8 cm³/mol. The Bertz CT molecular complexity index is 240. The van der Waals surface area contributed by atoms with E-state index in [0.29, 0.717) is 0 Å². The quantitative estimate of drug-likeness (QED) is 0.652. The van der Waals surface area contributed by atoms with Crippen LogP contribution < -0.4 is 5.32 Å². The zero-order chi connectivity index (χ0) is 13.4. The Hall–Kier alpha value is -0.610. The summed E-state index contributed by atoms with van der Waals surface area (Å²) in [5.41, 5.74) is 0. The van der Waals surface area contributed by atoms with Crippen molar-refractivity contribution in [2.24, 2.45) is 5.92 Å². The normalized spacial score (nSPS) is 20.6. The van der Waals surface area contributed by atoms with Crippen LogP contribution in [0.4, 0.5) is 0 Å². The molecule has 2 atom stereocenters. The van der Waals surface area contributed by atoms with Gasteiger partial charge in [0.1, 0.15) is 6.04 Å². The zero-order valence-corrected chi connectivity index (χ0v) is 11.8. The number of nitrogens with zero attached hydrogens (tertiary/aromatic N) is 1. The van der Waals surface area contributed by atoms with Crippen molar-refractivity contribution in [3.8, 4) is 0 Å². The summed E-state index contributed by atoms with van der Waals surface area (Å²) >= 11 is 0. The minimum Gasteiger partial charge on any atom is -0.480 e. The van der Waals surface area contributed by atoms with Crippen LogP contribution >= 0.6 is 0 Å². The number of likely N-dealkylation sites (tertiary alicyclic amines) is 1. The van der Waals surface area contributed by atoms with Crippen LogP contribution in [0.5, 0.6) is 0 Å². The van der Waals surface area contributed by atoms with Crippen molar-refractivity contribution < 1.29 is 9.90 Å². The molecule has 1 aliphatic rings. The van der Waals surface area contributed by atoms with Crippen molar-refractivity contribution in [1.29, 1.82) is 0 Å². The number of nitrogens with one attached hydrogen (secondary N) is 1. The Morgan fingerprint density at radius 3 is 2.56 bits per heavy atom. The van der Waals surface area contributed by atoms with Gasteiger partial charge < -0.3 is 15.3 Å². The Morgan fingerprint density at radius 2 is 2.00 bits per heavy atom. The van der Waals surface area contributed by atoms with Gasteiger partial charge in [0.15, 0.2) is 0 Å². The maximum Gasteiger partial charge on any atom is 0.320 e. The maximum absolute atomic E-state index is 11.1. The second-order valence-electron chi connectivity index (χ2n) is 5.41. The number of piperidine rings is 1. The molecule has 18 heavy (non-hydrogen) atoms. The van der Waals surface area contributed by atoms with E-state index in [1.807, 2.05) is 13.8 Å². The van der Waals surface area contributed by atoms with Gasteiger partial charge in [0.25, 0.3) is 0 Å². The van der Waals surface area contributed by atoms with E-state index in [-0.39, 0.29) is 5.92 Å². The topological polar surface area (TPSA) is 52.6 Å². The highest BCUT2D eigenvalue weighted by Crippen LogP contribution is 2.10. The van der Waals surface area contributed by atoms with Crippen LogP contribution in [0, 0.1) is 5.92 Å². The fraction of sp³-hybridized carbons (Fsp3) is 0.929. The molecule has 1 rings (SSSR count). The van der Waals surface area contributed by atoms with E-state index >= 15 is 0 Å². The first-order valence-electron chi connectivity index (χ1n) is 7.33. The Balaban J connectivity index is 2.16. The number of hydrogen-bond donors (Lipinski definition) is 2. The molecule has 4 heteroatoms. The molecule has 1 saturated heterocycles. The van der Waals surface area contributed by atoms with E-state index in [2.05, 4.69) is 10.2 Å². The van der Waals surface area contributed by atoms with Crippen LogP contribution in [0.3, 0.4) is 0 Å². The fourth-order valence-corrected chi connectivity index (χ4v) is 2.51. The highest BCUT2D eigenvalue weighted by atomic mass is 16.4. The van der Waals surface area contributed by atoms with Gasteiger partial charge in [0, 0.05) is 0 Å². The lowest BCUT2D eigenvalue weighted by atomic mass is 9.99. The third-order valence-electron chi connectivity index (χ3n) is 3.94. The van der Waals surface area contributed by atoms with Gasteiger partial charge in [0.2, 0.25) is 0 Å². The number of aliphatic carboxylic acids is 1. The maximum atomic E-state index is 11.1. The van der Waals surface area contributed by atoms with Crippen LogP contribution in [0.25, 0.3) is 0 Å². The van der Waals surface area contributed by atoms with E-state index in [1.54, 1.807) is 0 Å². The van der Waals surface area contributed by atoms with Gasteiger partial charge in [-0.05, 0) is 51.4 Å². The van der Waals surface area contributed by atoms with E-state index in [9.17, 15) is 4.79 Å². The highest BCUT2D eigenvalue weighted by Gasteiger charge is 2.22. The average Bonchev–Trinajstić information content (AvgIpc) is 2.38. The van der Waals surface area contributed by atoms with E-state index < -0.39 is 12.0 Å². The van der Waals surface area contributed by atoms with Gasteiger partial charge in [-0.15, -0.1) is 0 Å². The van der Waals surface area contributed by atoms with Crippen molar-refractivity contribution in [3.05, 3.63) is 0 Å². The number of carboxylic acids is 1. The lowest BCUT2D eigenvalue weighted by Gasteiger charge is -2.27. The molecule has 2 N–H and O–H groups in total. The summed E-state index contributed by atoms with van der Waals surface area (Å²) < 4.78 is 0. The number of carbonyl (C=O) groups is 1. The van der Waals surface area contributed by atoms with Gasteiger partial charge in [0.05, 0.1) is 0 Å². The van der Waals surface area contributed by atoms with Crippen molar-refractivity contribution in [2.75, 3.05) is 26.2 Å². The molecule has 1 aliphatic heterocycles. The second kappa shape index (κ2) is 8.48. The molecular formula is C14H28N2O2. The molecule has 106 valence electrons. The first kappa shape index (κ1) is 15.4. The third-order valence-corrected chi connectivity index (χ3v) is 3.94. The minimum atomic E-state index is -0.720. The van der Waals surface area contributed by atoms with E-state index in [1.165, 1.54) is 32.4 Å². The molecule has 0 unspecified atom stereocenters. The summed E-state index contributed by atoms with van der Waals surface area (Å²) in [6.45, 7) is 8.37. The lowest BCUT2D eigenvalue weighted by Crippen LogP contribution is -2.43. The Labute approximate surface area is 111 Å². The van der Waals surface area contributed by atoms with Gasteiger partial charge in [-0.1, -0.05) is 26.7 Å². The van der Waals surface area contributed by atoms with Crippen LogP contribution in [0.15, 0.2) is 0 Å². The molecule has 0 aromatic heterocycles. The van der Waals surface area contributed by atoms with Crippen molar-refractivity contribution >= 4 is 5.97 Å². The monoisotopic (exact) mass is 256 g/mol. The standard InChI is InChI=1S/C14H28N2O2/c1-3-12(2)13(14(17)18)15-8-7-11-16-9-5-4-6-10-16/h12-13,15H,3-11H2,1-2H3,(H,17,18)/t12-,13-/m0/s1. The summed E-state index contributed by atoms with van der Waals surface area (Å²) in [5.74, 6) is -0.528. The summed E-state index contributed by atoms with van der Waals surface area (Å²) in [6, 6.07) is -0.392. The molecule has 0 amide bonds. The van der Waals surface area contributed by atoms with Gasteiger partial charge in [-0.3, -0.25) is 4.79 Å². The fourth-order valence-electron chi connectivity index (χ4n) is 2.51. The number of carboxylic acid groups (broad SMARTS) is 1. The second-order valence-corrected chi connectivity index (χ2v) is 5.41. The van der Waals surface area contributed by atoms with Gasteiger partial charge in [-0.2, -0.15) is 0 Å². The summed E-state index contributed by atoms with van der Waals surface area (Å²) in [5, 5.41) is 12.3. The van der Waals surface area contributed by atoms with Gasteiger partial charge in [-0.25, -0.2) is 0 Å². The first-order valence-corrected chi connectivity index (χ1v) is 7.33. The van der Waals surface area contributed by atoms with E-state index in [0.717, 1.165) is 25.9 Å². The Morgan fingerprint density at radius 1 is 1.33 bits per heavy atom. The number of rotatable bonds is 8. The number of hydrogen-bond acceptors (Lipinski definition) is 3. The van der Waals surface area contributed by atoms with Crippen LogP contribution in [-0.2, 0) is 4.79 Å². The molecule has 0 saturated carbocycles. The highest BCUT2D eigenvalue weighted by molar-refractivity contribution is 5.73. The van der Waals surface area contributed by atoms with Crippen LogP contribution in [0.1, 0.15) is 46.0 Å². The van der Waals surface area contributed by atoms with Crippen LogP contribution in [-0.4, -0.2) is 48.2 Å². The lowest BCUT2D eigenvalue weighted by molar-refractivity contribution is -0.140. The summed E-state index contributed by atoms with van der Waals surface area (Å²) in [6.07, 6.45) is 5.94. The molecule has 0 aromatic carbocycles. The Kier molecular flexibility index (Phi) is 7.28. The van der Waals surface area contributed by atoms with Crippen molar-refractivity contribution in [1.82, 2.24) is 10.2 Å². The van der Waals surface area contributed by atoms with Gasteiger partial charge >= 0.3 is 5.97 Å². The molecule has 0 bridgehead atoms. The van der Waals surface area contributed by atoms with Crippen molar-refractivity contribution in [3.63, 3.8) is 0 Å². The molecule has 0 aliphatic carbocycles. The molecule has 0 spiro atoms. The first-order chi connectivity index (χ1) is 8.65. The average molecular weight is 256 g/mol. The summed E-state index contributed by atoms with van der Waals surface area (Å²) in [4.78, 5) is 13.6. The molecule has 0 aromatic rings. The summed E-state index contributed by atoms with van der Waals surface area (Å²) in [7, 11) is 0.